The molecule has 0 saturated carbocycles. The van der Waals surface area contributed by atoms with Crippen LogP contribution in [-0.2, 0) is 12.8 Å². The highest BCUT2D eigenvalue weighted by Gasteiger charge is 2.18. The Balaban J connectivity index is 1.91. The van der Waals surface area contributed by atoms with E-state index in [1.807, 2.05) is 32.0 Å². The fourth-order valence-electron chi connectivity index (χ4n) is 2.91. The number of aryl methyl sites for hydroxylation is 3. The van der Waals surface area contributed by atoms with Gasteiger partial charge in [0.1, 0.15) is 11.6 Å². The van der Waals surface area contributed by atoms with Crippen molar-refractivity contribution in [3.05, 3.63) is 52.3 Å². The van der Waals surface area contributed by atoms with Gasteiger partial charge in [-0.2, -0.15) is 5.10 Å². The van der Waals surface area contributed by atoms with Gasteiger partial charge in [-0.25, -0.2) is 14.3 Å². The lowest BCUT2D eigenvalue weighted by Crippen LogP contribution is -2.10. The number of anilines is 2. The number of nitrogens with two attached hydrogens (primary N) is 1. The third-order valence-corrected chi connectivity index (χ3v) is 4.16. The molecule has 0 aliphatic rings. The normalized spacial score (nSPS) is 10.8. The zero-order valence-corrected chi connectivity index (χ0v) is 14.7. The minimum Gasteiger partial charge on any atom is -0.392 e. The SMILES string of the molecule is [C-]#[N+]c1c(NCCc2cccc(C)n2)nc2c(CC)c(C)nn2c1N. The van der Waals surface area contributed by atoms with Crippen molar-refractivity contribution in [2.75, 3.05) is 17.6 Å². The van der Waals surface area contributed by atoms with Crippen LogP contribution in [0, 0.1) is 20.4 Å². The minimum absolute atomic E-state index is 0.301. The van der Waals surface area contributed by atoms with Gasteiger partial charge in [0.05, 0.1) is 12.3 Å². The third kappa shape index (κ3) is 3.11. The molecule has 0 aliphatic carbocycles. The summed E-state index contributed by atoms with van der Waals surface area (Å²) in [5, 5.41) is 7.66. The number of nitrogens with one attached hydrogen (secondary N) is 1. The quantitative estimate of drug-likeness (QED) is 0.700. The van der Waals surface area contributed by atoms with Crippen molar-refractivity contribution in [1.29, 1.82) is 0 Å². The van der Waals surface area contributed by atoms with Gasteiger partial charge in [-0.05, 0) is 32.4 Å². The molecule has 0 unspecified atom stereocenters. The topological polar surface area (TPSA) is 85.5 Å². The molecule has 0 amide bonds. The first-order valence-corrected chi connectivity index (χ1v) is 8.26. The number of pyridine rings is 1. The van der Waals surface area contributed by atoms with E-state index >= 15 is 0 Å². The fraction of sp³-hybridized carbons (Fsp3) is 0.333. The maximum absolute atomic E-state index is 7.45. The molecule has 3 aromatic rings. The number of aromatic nitrogens is 4. The molecule has 0 radical (unpaired) electrons. The maximum Gasteiger partial charge on any atom is 0.268 e. The highest BCUT2D eigenvalue weighted by molar-refractivity contribution is 5.80. The van der Waals surface area contributed by atoms with Gasteiger partial charge in [0, 0.05) is 29.9 Å². The maximum atomic E-state index is 7.45. The molecule has 3 aromatic heterocycles. The summed E-state index contributed by atoms with van der Waals surface area (Å²) >= 11 is 0. The van der Waals surface area contributed by atoms with E-state index in [9.17, 15) is 0 Å². The van der Waals surface area contributed by atoms with Crippen molar-refractivity contribution in [3.8, 4) is 0 Å². The van der Waals surface area contributed by atoms with Crippen molar-refractivity contribution in [1.82, 2.24) is 19.6 Å². The summed E-state index contributed by atoms with van der Waals surface area (Å²) in [6, 6.07) is 5.95. The van der Waals surface area contributed by atoms with Crippen molar-refractivity contribution >= 4 is 23.0 Å². The zero-order valence-electron chi connectivity index (χ0n) is 14.7. The summed E-state index contributed by atoms with van der Waals surface area (Å²) < 4.78 is 1.56. The minimum atomic E-state index is 0.301. The number of nitrogens with zero attached hydrogens (tertiary/aromatic N) is 5. The Kier molecular flexibility index (Phi) is 4.52. The Morgan fingerprint density at radius 3 is 2.76 bits per heavy atom. The number of hydrogen-bond donors (Lipinski definition) is 2. The van der Waals surface area contributed by atoms with E-state index in [0.29, 0.717) is 29.5 Å². The summed E-state index contributed by atoms with van der Waals surface area (Å²) in [7, 11) is 0. The lowest BCUT2D eigenvalue weighted by atomic mass is 10.2. The summed E-state index contributed by atoms with van der Waals surface area (Å²) in [5.41, 5.74) is 11.1. The summed E-state index contributed by atoms with van der Waals surface area (Å²) in [4.78, 5) is 12.7. The molecule has 0 fully saturated rings. The number of fused-ring (bicyclic) bond motifs is 1. The average molecular weight is 335 g/mol. The van der Waals surface area contributed by atoms with Crippen LogP contribution in [0.15, 0.2) is 18.2 Å². The summed E-state index contributed by atoms with van der Waals surface area (Å²) in [6.07, 6.45) is 1.55. The van der Waals surface area contributed by atoms with Gasteiger partial charge >= 0.3 is 0 Å². The van der Waals surface area contributed by atoms with E-state index in [1.165, 1.54) is 0 Å². The van der Waals surface area contributed by atoms with Gasteiger partial charge in [0.15, 0.2) is 5.65 Å². The molecule has 0 bridgehead atoms. The van der Waals surface area contributed by atoms with Crippen LogP contribution >= 0.6 is 0 Å². The van der Waals surface area contributed by atoms with E-state index in [0.717, 1.165) is 35.5 Å². The van der Waals surface area contributed by atoms with Crippen LogP contribution in [0.3, 0.4) is 0 Å². The number of hydrogen-bond acceptors (Lipinski definition) is 5. The van der Waals surface area contributed by atoms with Gasteiger partial charge in [-0.15, -0.1) is 0 Å². The van der Waals surface area contributed by atoms with Crippen molar-refractivity contribution in [2.24, 2.45) is 0 Å². The van der Waals surface area contributed by atoms with Gasteiger partial charge in [0.2, 0.25) is 0 Å². The fourth-order valence-corrected chi connectivity index (χ4v) is 2.91. The number of nitrogen functional groups attached to an aromatic ring is 1. The van der Waals surface area contributed by atoms with Crippen molar-refractivity contribution in [2.45, 2.75) is 33.6 Å². The first kappa shape index (κ1) is 16.7. The highest BCUT2D eigenvalue weighted by Crippen LogP contribution is 2.32. The number of rotatable bonds is 5. The molecule has 3 N–H and O–H groups in total. The molecule has 0 atom stereocenters. The Bertz CT molecular complexity index is 966. The first-order valence-electron chi connectivity index (χ1n) is 8.26. The lowest BCUT2D eigenvalue weighted by molar-refractivity contribution is 0.919. The predicted octanol–water partition coefficient (Wildman–Crippen LogP) is 3.09. The Morgan fingerprint density at radius 2 is 2.08 bits per heavy atom. The van der Waals surface area contributed by atoms with Crippen molar-refractivity contribution < 1.29 is 0 Å². The molecule has 0 spiro atoms. The molecule has 7 heteroatoms. The van der Waals surface area contributed by atoms with Gasteiger partial charge in [-0.3, -0.25) is 4.98 Å². The van der Waals surface area contributed by atoms with Crippen LogP contribution in [0.1, 0.15) is 29.6 Å². The highest BCUT2D eigenvalue weighted by atomic mass is 15.3. The molecule has 3 heterocycles. The second-order valence-electron chi connectivity index (χ2n) is 5.91. The second kappa shape index (κ2) is 6.77. The van der Waals surface area contributed by atoms with Gasteiger partial charge < -0.3 is 11.1 Å². The molecule has 0 saturated heterocycles. The smallest absolute Gasteiger partial charge is 0.268 e. The van der Waals surface area contributed by atoms with Crippen LogP contribution in [0.5, 0.6) is 0 Å². The average Bonchev–Trinajstić information content (AvgIpc) is 2.91. The zero-order chi connectivity index (χ0) is 18.0. The van der Waals surface area contributed by atoms with Crippen LogP contribution in [-0.4, -0.2) is 26.1 Å². The van der Waals surface area contributed by atoms with E-state index in [2.05, 4.69) is 32.2 Å². The Hall–Kier alpha value is -3.14. The standard InChI is InChI=1S/C18H21N7/c1-5-14-12(3)24-25-16(19)15(20-4)17(23-18(14)25)21-10-9-13-8-6-7-11(2)22-13/h6-8H,5,9-10,19H2,1-3H3,(H,21,23). The van der Waals surface area contributed by atoms with Crippen LogP contribution in [0.2, 0.25) is 0 Å². The van der Waals surface area contributed by atoms with E-state index in [-0.39, 0.29) is 0 Å². The predicted molar refractivity (Wildman–Crippen MR) is 98.9 cm³/mol. The molecule has 0 aromatic carbocycles. The van der Waals surface area contributed by atoms with Crippen LogP contribution < -0.4 is 11.1 Å². The summed E-state index contributed by atoms with van der Waals surface area (Å²) in [6.45, 7) is 14.0. The third-order valence-electron chi connectivity index (χ3n) is 4.16. The Labute approximate surface area is 146 Å². The van der Waals surface area contributed by atoms with E-state index in [4.69, 9.17) is 12.3 Å². The van der Waals surface area contributed by atoms with Crippen LogP contribution in [0.25, 0.3) is 10.5 Å². The largest absolute Gasteiger partial charge is 0.392 e. The molecular formula is C18H21N7. The molecule has 0 aliphatic heterocycles. The molecule has 25 heavy (non-hydrogen) atoms. The van der Waals surface area contributed by atoms with Gasteiger partial charge in [0.25, 0.3) is 5.69 Å². The molecule has 3 rings (SSSR count). The molecule has 128 valence electrons. The van der Waals surface area contributed by atoms with E-state index < -0.39 is 0 Å². The van der Waals surface area contributed by atoms with Crippen molar-refractivity contribution in [3.63, 3.8) is 0 Å². The second-order valence-corrected chi connectivity index (χ2v) is 5.91. The van der Waals surface area contributed by atoms with Crippen LogP contribution in [0.4, 0.5) is 17.3 Å². The van der Waals surface area contributed by atoms with Gasteiger partial charge in [-0.1, -0.05) is 13.0 Å². The van der Waals surface area contributed by atoms with E-state index in [1.54, 1.807) is 4.52 Å². The monoisotopic (exact) mass is 335 g/mol. The first-order chi connectivity index (χ1) is 12.0. The lowest BCUT2D eigenvalue weighted by Gasteiger charge is -2.11. The summed E-state index contributed by atoms with van der Waals surface area (Å²) in [5.74, 6) is 0.821. The Morgan fingerprint density at radius 1 is 1.28 bits per heavy atom. The molecular weight excluding hydrogens is 314 g/mol. The molecule has 7 nitrogen and oxygen atoms in total.